The Morgan fingerprint density at radius 3 is 2.44 bits per heavy atom. The van der Waals surface area contributed by atoms with E-state index >= 15 is 0 Å². The highest BCUT2D eigenvalue weighted by atomic mass is 16.1. The van der Waals surface area contributed by atoms with Gasteiger partial charge < -0.3 is 4.90 Å². The molecular formula is C20H21N5O2. The molecule has 0 amide bonds. The van der Waals surface area contributed by atoms with Crippen molar-refractivity contribution in [3.8, 4) is 0 Å². The maximum absolute atomic E-state index is 12.9. The van der Waals surface area contributed by atoms with Crippen molar-refractivity contribution in [1.29, 1.82) is 0 Å². The summed E-state index contributed by atoms with van der Waals surface area (Å²) in [6.45, 7) is 4.50. The van der Waals surface area contributed by atoms with Gasteiger partial charge in [-0.15, -0.1) is 0 Å². The summed E-state index contributed by atoms with van der Waals surface area (Å²) in [7, 11) is 0. The summed E-state index contributed by atoms with van der Waals surface area (Å²) in [5, 5.41) is 0.425. The molecule has 3 aromatic rings. The number of para-hydroxylation sites is 1. The molecule has 0 saturated carbocycles. The minimum absolute atomic E-state index is 0.0738. The van der Waals surface area contributed by atoms with Crippen LogP contribution in [0.4, 0.5) is 5.69 Å². The monoisotopic (exact) mass is 363 g/mol. The Kier molecular flexibility index (Phi) is 4.68. The number of benzene rings is 1. The number of fused-ring (bicyclic) bond motifs is 1. The van der Waals surface area contributed by atoms with Crippen molar-refractivity contribution in [3.63, 3.8) is 0 Å². The van der Waals surface area contributed by atoms with Gasteiger partial charge >= 0.3 is 0 Å². The van der Waals surface area contributed by atoms with Crippen LogP contribution in [0.5, 0.6) is 0 Å². The van der Waals surface area contributed by atoms with Crippen molar-refractivity contribution >= 4 is 22.5 Å². The van der Waals surface area contributed by atoms with E-state index in [4.69, 9.17) is 0 Å². The maximum Gasteiger partial charge on any atom is 0.264 e. The van der Waals surface area contributed by atoms with E-state index < -0.39 is 6.17 Å². The maximum atomic E-state index is 12.9. The van der Waals surface area contributed by atoms with E-state index in [0.29, 0.717) is 24.1 Å². The van der Waals surface area contributed by atoms with Gasteiger partial charge in [0.25, 0.3) is 5.56 Å². The van der Waals surface area contributed by atoms with Gasteiger partial charge in [0.1, 0.15) is 6.33 Å². The Morgan fingerprint density at radius 1 is 1.00 bits per heavy atom. The fourth-order valence-electron chi connectivity index (χ4n) is 3.64. The minimum Gasteiger partial charge on any atom is -0.369 e. The highest BCUT2D eigenvalue weighted by Gasteiger charge is 2.29. The molecule has 0 bridgehead atoms. The average molecular weight is 363 g/mol. The number of pyridine rings is 1. The lowest BCUT2D eigenvalue weighted by molar-refractivity contribution is -0.125. The van der Waals surface area contributed by atoms with E-state index in [2.05, 4.69) is 27.0 Å². The molecule has 1 saturated heterocycles. The number of carbonyl (C=O) groups excluding carboxylic acids is 1. The van der Waals surface area contributed by atoms with E-state index in [1.54, 1.807) is 18.3 Å². The van der Waals surface area contributed by atoms with Crippen molar-refractivity contribution in [2.24, 2.45) is 0 Å². The first kappa shape index (κ1) is 17.4. The summed E-state index contributed by atoms with van der Waals surface area (Å²) in [6, 6.07) is 13.6. The van der Waals surface area contributed by atoms with Crippen LogP contribution in [0.3, 0.4) is 0 Å². The lowest BCUT2D eigenvalue weighted by Gasteiger charge is -2.39. The number of aromatic nitrogens is 3. The number of ketones is 1. The summed E-state index contributed by atoms with van der Waals surface area (Å²) in [5.74, 6) is -0.0738. The largest absolute Gasteiger partial charge is 0.369 e. The first-order valence-electron chi connectivity index (χ1n) is 9.01. The Labute approximate surface area is 156 Å². The smallest absolute Gasteiger partial charge is 0.264 e. The third-order valence-corrected chi connectivity index (χ3v) is 4.96. The second-order valence-electron chi connectivity index (χ2n) is 6.67. The van der Waals surface area contributed by atoms with Crippen molar-refractivity contribution < 1.29 is 4.79 Å². The summed E-state index contributed by atoms with van der Waals surface area (Å²) in [6.07, 6.45) is 2.39. The fraction of sp³-hybridized carbons (Fsp3) is 0.300. The molecule has 3 heterocycles. The van der Waals surface area contributed by atoms with Crippen LogP contribution in [0.15, 0.2) is 59.8 Å². The number of carbonyl (C=O) groups is 1. The number of nitrogens with zero attached hydrogens (tertiary/aromatic N) is 5. The van der Waals surface area contributed by atoms with Crippen molar-refractivity contribution in [2.45, 2.75) is 13.1 Å². The number of anilines is 1. The number of hydrogen-bond donors (Lipinski definition) is 0. The molecule has 27 heavy (non-hydrogen) atoms. The van der Waals surface area contributed by atoms with Crippen LogP contribution in [-0.2, 0) is 4.79 Å². The van der Waals surface area contributed by atoms with E-state index in [0.717, 1.165) is 13.1 Å². The van der Waals surface area contributed by atoms with Gasteiger partial charge in [-0.1, -0.05) is 18.2 Å². The zero-order chi connectivity index (χ0) is 18.8. The molecule has 4 rings (SSSR count). The highest BCUT2D eigenvalue weighted by Crippen LogP contribution is 2.20. The standard InChI is InChI=1S/C20H21N5O2/c1-15(26)19(25-14-22-18-17(20(25)27)8-5-9-21-18)24-12-10-23(11-13-24)16-6-3-2-4-7-16/h2-9,14,19H,10-13H2,1H3. The molecule has 7 nitrogen and oxygen atoms in total. The van der Waals surface area contributed by atoms with Crippen LogP contribution in [-0.4, -0.2) is 51.4 Å². The zero-order valence-corrected chi connectivity index (χ0v) is 15.2. The summed E-state index contributed by atoms with van der Waals surface area (Å²) in [5.41, 5.74) is 1.33. The van der Waals surface area contributed by atoms with E-state index in [1.165, 1.54) is 23.5 Å². The van der Waals surface area contributed by atoms with Crippen LogP contribution in [0.2, 0.25) is 0 Å². The number of hydrogen-bond acceptors (Lipinski definition) is 6. The highest BCUT2D eigenvalue weighted by molar-refractivity contribution is 5.80. The van der Waals surface area contributed by atoms with Crippen LogP contribution < -0.4 is 10.5 Å². The van der Waals surface area contributed by atoms with Crippen molar-refractivity contribution in [1.82, 2.24) is 19.4 Å². The molecule has 0 spiro atoms. The van der Waals surface area contributed by atoms with E-state index in [1.807, 2.05) is 23.1 Å². The molecule has 0 aliphatic carbocycles. The quantitative estimate of drug-likeness (QED) is 0.703. The van der Waals surface area contributed by atoms with Gasteiger partial charge in [-0.25, -0.2) is 9.97 Å². The van der Waals surface area contributed by atoms with Crippen LogP contribution in [0, 0.1) is 0 Å². The molecule has 1 unspecified atom stereocenters. The van der Waals surface area contributed by atoms with Crippen LogP contribution in [0.1, 0.15) is 13.1 Å². The number of piperazine rings is 1. The molecule has 2 aromatic heterocycles. The summed E-state index contributed by atoms with van der Waals surface area (Å²) in [4.78, 5) is 38.0. The lowest BCUT2D eigenvalue weighted by atomic mass is 10.2. The lowest BCUT2D eigenvalue weighted by Crippen LogP contribution is -2.52. The first-order chi connectivity index (χ1) is 13.1. The summed E-state index contributed by atoms with van der Waals surface area (Å²) < 4.78 is 1.44. The second kappa shape index (κ2) is 7.28. The van der Waals surface area contributed by atoms with Gasteiger partial charge in [-0.05, 0) is 31.2 Å². The zero-order valence-electron chi connectivity index (χ0n) is 15.2. The molecule has 0 N–H and O–H groups in total. The molecule has 7 heteroatoms. The van der Waals surface area contributed by atoms with Gasteiger partial charge in [0.2, 0.25) is 0 Å². The predicted molar refractivity (Wildman–Crippen MR) is 104 cm³/mol. The average Bonchev–Trinajstić information content (AvgIpc) is 2.71. The first-order valence-corrected chi connectivity index (χ1v) is 9.01. The molecule has 138 valence electrons. The molecule has 1 aliphatic heterocycles. The van der Waals surface area contributed by atoms with Crippen LogP contribution in [0.25, 0.3) is 11.0 Å². The molecule has 1 aromatic carbocycles. The number of rotatable bonds is 4. The molecule has 1 atom stereocenters. The second-order valence-corrected chi connectivity index (χ2v) is 6.67. The molecule has 0 radical (unpaired) electrons. The van der Waals surface area contributed by atoms with Gasteiger partial charge in [0.05, 0.1) is 5.39 Å². The normalized spacial score (nSPS) is 16.4. The third kappa shape index (κ3) is 3.33. The Bertz CT molecular complexity index is 1010. The van der Waals surface area contributed by atoms with Gasteiger partial charge in [-0.2, -0.15) is 0 Å². The van der Waals surface area contributed by atoms with E-state index in [-0.39, 0.29) is 11.3 Å². The Hall–Kier alpha value is -3.06. The minimum atomic E-state index is -0.646. The van der Waals surface area contributed by atoms with Crippen molar-refractivity contribution in [2.75, 3.05) is 31.1 Å². The Morgan fingerprint density at radius 2 is 1.74 bits per heavy atom. The summed E-state index contributed by atoms with van der Waals surface area (Å²) >= 11 is 0. The predicted octanol–water partition coefficient (Wildman–Crippen LogP) is 1.70. The molecular weight excluding hydrogens is 342 g/mol. The molecule has 1 aliphatic rings. The van der Waals surface area contributed by atoms with Gasteiger partial charge in [0.15, 0.2) is 17.6 Å². The van der Waals surface area contributed by atoms with E-state index in [9.17, 15) is 9.59 Å². The van der Waals surface area contributed by atoms with Crippen LogP contribution >= 0.6 is 0 Å². The topological polar surface area (TPSA) is 71.3 Å². The molecule has 1 fully saturated rings. The van der Waals surface area contributed by atoms with Gasteiger partial charge in [0, 0.05) is 38.1 Å². The third-order valence-electron chi connectivity index (χ3n) is 4.96. The fourth-order valence-corrected chi connectivity index (χ4v) is 3.64. The van der Waals surface area contributed by atoms with Gasteiger partial charge in [-0.3, -0.25) is 19.1 Å². The number of Topliss-reactive ketones (excluding diaryl/α,β-unsaturated/α-hetero) is 1. The van der Waals surface area contributed by atoms with Crippen molar-refractivity contribution in [3.05, 3.63) is 65.3 Å². The SMILES string of the molecule is CC(=O)C(N1CCN(c2ccccc2)CC1)n1cnc2ncccc2c1=O. The Balaban J connectivity index is 1.60.